The molecule has 1 amide bonds. The van der Waals surface area contributed by atoms with Crippen molar-refractivity contribution in [3.8, 4) is 0 Å². The molecule has 7 heteroatoms. The molecule has 0 aromatic carbocycles. The number of carbonyl (C=O) groups excluding carboxylic acids is 1. The van der Waals surface area contributed by atoms with Gasteiger partial charge in [0.2, 0.25) is 5.91 Å². The third-order valence-corrected chi connectivity index (χ3v) is 3.83. The maximum atomic E-state index is 12.0. The number of thiocarbonyl (C=S) groups is 1. The van der Waals surface area contributed by atoms with Crippen molar-refractivity contribution in [1.82, 2.24) is 20.3 Å². The number of hydrogen-bond acceptors (Lipinski definition) is 4. The number of rotatable bonds is 6. The topological polar surface area (TPSA) is 85.8 Å². The van der Waals surface area contributed by atoms with Crippen molar-refractivity contribution in [2.45, 2.75) is 32.2 Å². The Balaban J connectivity index is 1.73. The van der Waals surface area contributed by atoms with E-state index in [-0.39, 0.29) is 5.91 Å². The molecule has 0 aliphatic heterocycles. The minimum absolute atomic E-state index is 0.0279. The van der Waals surface area contributed by atoms with Crippen molar-refractivity contribution >= 4 is 23.1 Å². The van der Waals surface area contributed by atoms with Gasteiger partial charge < -0.3 is 11.1 Å². The van der Waals surface area contributed by atoms with Gasteiger partial charge in [0, 0.05) is 19.3 Å². The fourth-order valence-electron chi connectivity index (χ4n) is 2.08. The molecule has 2 rings (SSSR count). The maximum Gasteiger partial charge on any atom is 0.233 e. The minimum atomic E-state index is -0.581. The lowest BCUT2D eigenvalue weighted by Gasteiger charge is -2.39. The zero-order valence-electron chi connectivity index (χ0n) is 10.1. The Bertz CT molecular complexity index is 427. The van der Waals surface area contributed by atoms with Crippen molar-refractivity contribution in [2.75, 3.05) is 6.54 Å². The van der Waals surface area contributed by atoms with Crippen molar-refractivity contribution in [3.63, 3.8) is 0 Å². The maximum absolute atomic E-state index is 12.0. The molecule has 0 radical (unpaired) electrons. The van der Waals surface area contributed by atoms with Crippen molar-refractivity contribution in [1.29, 1.82) is 0 Å². The molecule has 0 bridgehead atoms. The second kappa shape index (κ2) is 5.43. The van der Waals surface area contributed by atoms with E-state index in [1.54, 1.807) is 17.1 Å². The first-order chi connectivity index (χ1) is 8.65. The van der Waals surface area contributed by atoms with Crippen LogP contribution in [-0.2, 0) is 11.3 Å². The van der Waals surface area contributed by atoms with Crippen LogP contribution < -0.4 is 11.1 Å². The van der Waals surface area contributed by atoms with Crippen LogP contribution in [0.5, 0.6) is 0 Å². The lowest BCUT2D eigenvalue weighted by molar-refractivity contribution is -0.130. The standard InChI is InChI=1S/C11H17N5OS/c12-9(18)11(3-1-4-11)10(17)13-5-2-7-16-8-6-14-15-16/h6,8H,1-5,7H2,(H2,12,18)(H,13,17). The summed E-state index contributed by atoms with van der Waals surface area (Å²) in [5.41, 5.74) is 5.08. The predicted molar refractivity (Wildman–Crippen MR) is 70.7 cm³/mol. The average molecular weight is 267 g/mol. The first-order valence-corrected chi connectivity index (χ1v) is 6.48. The van der Waals surface area contributed by atoms with E-state index in [9.17, 15) is 4.79 Å². The van der Waals surface area contributed by atoms with E-state index in [1.807, 2.05) is 0 Å². The molecule has 0 spiro atoms. The van der Waals surface area contributed by atoms with Gasteiger partial charge in [-0.3, -0.25) is 9.48 Å². The van der Waals surface area contributed by atoms with Gasteiger partial charge in [-0.05, 0) is 19.3 Å². The van der Waals surface area contributed by atoms with Crippen LogP contribution in [0.15, 0.2) is 12.4 Å². The van der Waals surface area contributed by atoms with Crippen LogP contribution in [0.2, 0.25) is 0 Å². The Morgan fingerprint density at radius 3 is 2.83 bits per heavy atom. The van der Waals surface area contributed by atoms with Crippen LogP contribution in [0.4, 0.5) is 0 Å². The Morgan fingerprint density at radius 2 is 2.33 bits per heavy atom. The van der Waals surface area contributed by atoms with E-state index < -0.39 is 5.41 Å². The fraction of sp³-hybridized carbons (Fsp3) is 0.636. The predicted octanol–water partition coefficient (Wildman–Crippen LogP) is 0.241. The minimum Gasteiger partial charge on any atom is -0.392 e. The number of nitrogens with zero attached hydrogens (tertiary/aromatic N) is 3. The van der Waals surface area contributed by atoms with E-state index in [2.05, 4.69) is 15.6 Å². The largest absolute Gasteiger partial charge is 0.392 e. The van der Waals surface area contributed by atoms with Crippen LogP contribution in [0, 0.1) is 5.41 Å². The van der Waals surface area contributed by atoms with Gasteiger partial charge in [0.15, 0.2) is 0 Å². The van der Waals surface area contributed by atoms with Gasteiger partial charge >= 0.3 is 0 Å². The van der Waals surface area contributed by atoms with Crippen molar-refractivity contribution in [3.05, 3.63) is 12.4 Å². The Hall–Kier alpha value is -1.50. The molecule has 1 fully saturated rings. The highest BCUT2D eigenvalue weighted by Crippen LogP contribution is 2.41. The molecular weight excluding hydrogens is 250 g/mol. The number of carbonyl (C=O) groups is 1. The zero-order valence-corrected chi connectivity index (χ0v) is 10.9. The Morgan fingerprint density at radius 1 is 1.56 bits per heavy atom. The molecule has 3 N–H and O–H groups in total. The Labute approximate surface area is 111 Å². The van der Waals surface area contributed by atoms with Gasteiger partial charge in [0.25, 0.3) is 0 Å². The highest BCUT2D eigenvalue weighted by atomic mass is 32.1. The smallest absolute Gasteiger partial charge is 0.233 e. The summed E-state index contributed by atoms with van der Waals surface area (Å²) in [6.07, 6.45) is 6.81. The first kappa shape index (κ1) is 12.9. The van der Waals surface area contributed by atoms with E-state index in [0.29, 0.717) is 11.5 Å². The summed E-state index contributed by atoms with van der Waals surface area (Å²) >= 11 is 5.00. The third kappa shape index (κ3) is 2.50. The Kier molecular flexibility index (Phi) is 3.90. The van der Waals surface area contributed by atoms with E-state index in [4.69, 9.17) is 18.0 Å². The highest BCUT2D eigenvalue weighted by molar-refractivity contribution is 7.80. The summed E-state index contributed by atoms with van der Waals surface area (Å²) in [6, 6.07) is 0. The summed E-state index contributed by atoms with van der Waals surface area (Å²) in [4.78, 5) is 12.4. The second-order valence-corrected chi connectivity index (χ2v) is 5.02. The number of aromatic nitrogens is 3. The van der Waals surface area contributed by atoms with Gasteiger partial charge in [-0.25, -0.2) is 0 Å². The zero-order chi connectivity index (χ0) is 13.0. The number of amides is 1. The average Bonchev–Trinajstić information content (AvgIpc) is 2.75. The lowest BCUT2D eigenvalue weighted by atomic mass is 9.68. The van der Waals surface area contributed by atoms with Gasteiger partial charge in [0.1, 0.15) is 0 Å². The molecule has 1 aromatic heterocycles. The summed E-state index contributed by atoms with van der Waals surface area (Å²) in [6.45, 7) is 1.34. The number of aryl methyl sites for hydroxylation is 1. The van der Waals surface area contributed by atoms with Crippen LogP contribution in [-0.4, -0.2) is 32.4 Å². The van der Waals surface area contributed by atoms with Gasteiger partial charge in [-0.2, -0.15) is 0 Å². The molecule has 0 atom stereocenters. The molecule has 98 valence electrons. The molecule has 1 aromatic rings. The molecule has 1 aliphatic rings. The summed E-state index contributed by atoms with van der Waals surface area (Å²) in [7, 11) is 0. The number of nitrogens with two attached hydrogens (primary N) is 1. The van der Waals surface area contributed by atoms with Gasteiger partial charge in [0.05, 0.1) is 16.6 Å². The van der Waals surface area contributed by atoms with Crippen molar-refractivity contribution < 1.29 is 4.79 Å². The molecule has 1 aliphatic carbocycles. The summed E-state index contributed by atoms with van der Waals surface area (Å²) in [5.74, 6) is -0.0279. The monoisotopic (exact) mass is 267 g/mol. The highest BCUT2D eigenvalue weighted by Gasteiger charge is 2.46. The quantitative estimate of drug-likeness (QED) is 0.569. The molecule has 1 saturated carbocycles. The van der Waals surface area contributed by atoms with Gasteiger partial charge in [-0.15, -0.1) is 5.10 Å². The number of nitrogens with one attached hydrogen (secondary N) is 1. The van der Waals surface area contributed by atoms with Crippen LogP contribution in [0.25, 0.3) is 0 Å². The fourth-order valence-corrected chi connectivity index (χ4v) is 2.38. The van der Waals surface area contributed by atoms with Crippen LogP contribution >= 0.6 is 12.2 Å². The molecule has 18 heavy (non-hydrogen) atoms. The summed E-state index contributed by atoms with van der Waals surface area (Å²) < 4.78 is 1.73. The lowest BCUT2D eigenvalue weighted by Crippen LogP contribution is -2.53. The second-order valence-electron chi connectivity index (χ2n) is 4.58. The summed E-state index contributed by atoms with van der Waals surface area (Å²) in [5, 5.41) is 10.5. The molecule has 0 unspecified atom stereocenters. The molecule has 1 heterocycles. The molecular formula is C11H17N5OS. The molecule has 6 nitrogen and oxygen atoms in total. The molecule has 0 saturated heterocycles. The van der Waals surface area contributed by atoms with Crippen LogP contribution in [0.1, 0.15) is 25.7 Å². The van der Waals surface area contributed by atoms with E-state index in [0.717, 1.165) is 32.2 Å². The van der Waals surface area contributed by atoms with E-state index in [1.165, 1.54) is 0 Å². The normalized spacial score (nSPS) is 16.9. The third-order valence-electron chi connectivity index (χ3n) is 3.43. The van der Waals surface area contributed by atoms with E-state index >= 15 is 0 Å². The first-order valence-electron chi connectivity index (χ1n) is 6.07. The van der Waals surface area contributed by atoms with Crippen LogP contribution in [0.3, 0.4) is 0 Å². The SMILES string of the molecule is NC(=S)C1(C(=O)NCCCn2ccnn2)CCC1. The van der Waals surface area contributed by atoms with Crippen molar-refractivity contribution in [2.24, 2.45) is 11.1 Å². The number of hydrogen-bond donors (Lipinski definition) is 2. The van der Waals surface area contributed by atoms with Gasteiger partial charge in [-0.1, -0.05) is 23.9 Å².